The average molecular weight is 456 g/mol. The van der Waals surface area contributed by atoms with Gasteiger partial charge in [0.2, 0.25) is 0 Å². The van der Waals surface area contributed by atoms with E-state index in [2.05, 4.69) is 31.3 Å². The third kappa shape index (κ3) is 5.86. The number of benzene rings is 1. The summed E-state index contributed by atoms with van der Waals surface area (Å²) in [4.78, 5) is 20.3. The molecule has 1 amide bonds. The van der Waals surface area contributed by atoms with Gasteiger partial charge in [0.25, 0.3) is 5.91 Å². The van der Waals surface area contributed by atoms with Gasteiger partial charge in [-0.1, -0.05) is 18.4 Å². The van der Waals surface area contributed by atoms with Crippen LogP contribution in [0.1, 0.15) is 48.0 Å². The van der Waals surface area contributed by atoms with Gasteiger partial charge in [-0.25, -0.2) is 4.98 Å². The standard InChI is InChI=1S/C24H33N5O2S/c1-17-13-22-25-9-3-2-5-18-6-4-10-29(16-18)21-15-19(28-32-12-11-30)7-8-20(21)24(31)27-23(14-17)26-22/h7-8,13-15,18,28,30H,2-6,9-12,16H2,1H3,(H2,25,26,27,31). The smallest absolute Gasteiger partial charge is 0.258 e. The first-order valence-corrected chi connectivity index (χ1v) is 12.5. The second-order valence-corrected chi connectivity index (χ2v) is 9.55. The molecular formula is C24H33N5O2S. The first-order valence-electron chi connectivity index (χ1n) is 11.5. The molecule has 0 aliphatic carbocycles. The van der Waals surface area contributed by atoms with Crippen LogP contribution in [0, 0.1) is 12.8 Å². The molecule has 1 unspecified atom stereocenters. The summed E-state index contributed by atoms with van der Waals surface area (Å²) in [5.41, 5.74) is 3.62. The van der Waals surface area contributed by atoms with Gasteiger partial charge in [0.05, 0.1) is 17.9 Å². The maximum atomic E-state index is 13.3. The molecule has 1 aromatic heterocycles. The van der Waals surface area contributed by atoms with Crippen molar-refractivity contribution in [3.8, 4) is 0 Å². The SMILES string of the molecule is Cc1cc2nc(c1)NC(=O)c1ccc(NSCCO)cc1N1CCCC(CCCCN2)C1. The summed E-state index contributed by atoms with van der Waals surface area (Å²) in [6, 6.07) is 9.80. The van der Waals surface area contributed by atoms with Crippen LogP contribution in [-0.4, -0.2) is 48.0 Å². The molecule has 0 saturated carbocycles. The van der Waals surface area contributed by atoms with Crippen LogP contribution in [0.3, 0.4) is 0 Å². The van der Waals surface area contributed by atoms with E-state index < -0.39 is 0 Å². The van der Waals surface area contributed by atoms with Crippen LogP contribution in [0.5, 0.6) is 0 Å². The van der Waals surface area contributed by atoms with Gasteiger partial charge in [0.1, 0.15) is 11.6 Å². The maximum Gasteiger partial charge on any atom is 0.258 e. The number of rotatable bonds is 4. The molecule has 1 fully saturated rings. The molecule has 8 heteroatoms. The quantitative estimate of drug-likeness (QED) is 0.398. The number of carbonyl (C=O) groups excluding carboxylic acids is 1. The van der Waals surface area contributed by atoms with Crippen molar-refractivity contribution in [2.75, 3.05) is 52.2 Å². The lowest BCUT2D eigenvalue weighted by molar-refractivity contribution is 0.102. The van der Waals surface area contributed by atoms with Gasteiger partial charge in [-0.15, -0.1) is 0 Å². The molecule has 3 heterocycles. The Kier molecular flexibility index (Phi) is 7.76. The van der Waals surface area contributed by atoms with Gasteiger partial charge in [-0.05, 0) is 74.4 Å². The first-order chi connectivity index (χ1) is 15.6. The number of hydrogen-bond donors (Lipinski definition) is 4. The molecule has 172 valence electrons. The minimum atomic E-state index is -0.143. The predicted molar refractivity (Wildman–Crippen MR) is 134 cm³/mol. The zero-order valence-corrected chi connectivity index (χ0v) is 19.5. The van der Waals surface area contributed by atoms with Crippen molar-refractivity contribution in [1.82, 2.24) is 4.98 Å². The van der Waals surface area contributed by atoms with Crippen molar-refractivity contribution in [2.24, 2.45) is 5.92 Å². The topological polar surface area (TPSA) is 89.5 Å². The summed E-state index contributed by atoms with van der Waals surface area (Å²) < 4.78 is 3.29. The number of aromatic nitrogens is 1. The van der Waals surface area contributed by atoms with Crippen molar-refractivity contribution < 1.29 is 9.90 Å². The fraction of sp³-hybridized carbons (Fsp3) is 0.500. The molecule has 4 N–H and O–H groups in total. The number of hydrogen-bond acceptors (Lipinski definition) is 7. The second kappa shape index (κ2) is 10.9. The van der Waals surface area contributed by atoms with Crippen LogP contribution in [0.2, 0.25) is 0 Å². The highest BCUT2D eigenvalue weighted by Crippen LogP contribution is 2.32. The number of carbonyl (C=O) groups is 1. The Labute approximate surface area is 194 Å². The number of aryl methyl sites for hydroxylation is 1. The zero-order valence-electron chi connectivity index (χ0n) is 18.7. The van der Waals surface area contributed by atoms with E-state index in [0.717, 1.165) is 55.2 Å². The number of nitrogens with one attached hydrogen (secondary N) is 3. The van der Waals surface area contributed by atoms with Crippen LogP contribution in [0.4, 0.5) is 23.0 Å². The largest absolute Gasteiger partial charge is 0.395 e. The lowest BCUT2D eigenvalue weighted by atomic mass is 9.92. The van der Waals surface area contributed by atoms with E-state index in [9.17, 15) is 4.79 Å². The Morgan fingerprint density at radius 1 is 1.19 bits per heavy atom. The Morgan fingerprint density at radius 2 is 2.03 bits per heavy atom. The lowest BCUT2D eigenvalue weighted by Crippen LogP contribution is -2.36. The van der Waals surface area contributed by atoms with E-state index in [1.54, 1.807) is 0 Å². The van der Waals surface area contributed by atoms with Crippen LogP contribution in [0.15, 0.2) is 30.3 Å². The molecule has 0 radical (unpaired) electrons. The number of piperidine rings is 1. The molecule has 2 aromatic rings. The van der Waals surface area contributed by atoms with E-state index in [0.29, 0.717) is 23.1 Å². The fourth-order valence-electron chi connectivity index (χ4n) is 4.53. The highest BCUT2D eigenvalue weighted by Gasteiger charge is 2.24. The Balaban J connectivity index is 1.67. The Morgan fingerprint density at radius 3 is 2.91 bits per heavy atom. The number of anilines is 4. The van der Waals surface area contributed by atoms with Gasteiger partial charge >= 0.3 is 0 Å². The predicted octanol–water partition coefficient (Wildman–Crippen LogP) is 4.51. The highest BCUT2D eigenvalue weighted by molar-refractivity contribution is 8.00. The number of aliphatic hydroxyl groups is 1. The molecule has 2 aliphatic heterocycles. The first kappa shape index (κ1) is 22.7. The minimum absolute atomic E-state index is 0.124. The third-order valence-corrected chi connectivity index (χ3v) is 6.81. The summed E-state index contributed by atoms with van der Waals surface area (Å²) in [5, 5.41) is 15.5. The normalized spacial score (nSPS) is 19.1. The molecule has 1 saturated heterocycles. The van der Waals surface area contributed by atoms with Crippen LogP contribution < -0.4 is 20.3 Å². The zero-order chi connectivity index (χ0) is 22.3. The van der Waals surface area contributed by atoms with E-state index >= 15 is 0 Å². The lowest BCUT2D eigenvalue weighted by Gasteiger charge is -2.35. The van der Waals surface area contributed by atoms with E-state index in [4.69, 9.17) is 5.11 Å². The number of amides is 1. The molecule has 4 bridgehead atoms. The second-order valence-electron chi connectivity index (χ2n) is 8.65. The summed E-state index contributed by atoms with van der Waals surface area (Å²) in [7, 11) is 0. The van der Waals surface area contributed by atoms with Crippen molar-refractivity contribution in [3.63, 3.8) is 0 Å². The monoisotopic (exact) mass is 455 g/mol. The minimum Gasteiger partial charge on any atom is -0.395 e. The van der Waals surface area contributed by atoms with E-state index in [1.165, 1.54) is 31.2 Å². The van der Waals surface area contributed by atoms with Gasteiger partial charge in [-0.2, -0.15) is 0 Å². The Bertz CT molecular complexity index is 939. The van der Waals surface area contributed by atoms with Crippen molar-refractivity contribution >= 4 is 40.9 Å². The molecule has 0 spiro atoms. The van der Waals surface area contributed by atoms with Crippen LogP contribution >= 0.6 is 11.9 Å². The van der Waals surface area contributed by atoms with Crippen LogP contribution in [-0.2, 0) is 0 Å². The molecule has 32 heavy (non-hydrogen) atoms. The molecule has 1 aromatic carbocycles. The van der Waals surface area contributed by atoms with E-state index in [-0.39, 0.29) is 12.5 Å². The van der Waals surface area contributed by atoms with Crippen molar-refractivity contribution in [3.05, 3.63) is 41.5 Å². The number of pyridine rings is 1. The Hall–Kier alpha value is -2.45. The van der Waals surface area contributed by atoms with Gasteiger partial charge < -0.3 is 25.4 Å². The number of fused-ring (bicyclic) bond motifs is 6. The van der Waals surface area contributed by atoms with Crippen LogP contribution in [0.25, 0.3) is 0 Å². The summed E-state index contributed by atoms with van der Waals surface area (Å²) in [5.74, 6) is 2.48. The number of nitrogens with zero attached hydrogens (tertiary/aromatic N) is 2. The third-order valence-electron chi connectivity index (χ3n) is 6.04. The molecule has 7 nitrogen and oxygen atoms in total. The van der Waals surface area contributed by atoms with Gasteiger partial charge in [0.15, 0.2) is 0 Å². The van der Waals surface area contributed by atoms with Crippen molar-refractivity contribution in [1.29, 1.82) is 0 Å². The summed E-state index contributed by atoms with van der Waals surface area (Å²) >= 11 is 1.46. The fourth-order valence-corrected chi connectivity index (χ4v) is 5.02. The maximum absolute atomic E-state index is 13.3. The van der Waals surface area contributed by atoms with Crippen molar-refractivity contribution in [2.45, 2.75) is 39.0 Å². The summed E-state index contributed by atoms with van der Waals surface area (Å²) in [6.45, 7) is 4.96. The molecule has 2 aliphatic rings. The average Bonchev–Trinajstić information content (AvgIpc) is 2.78. The van der Waals surface area contributed by atoms with Gasteiger partial charge in [-0.3, -0.25) is 4.79 Å². The highest BCUT2D eigenvalue weighted by atomic mass is 32.2. The summed E-state index contributed by atoms with van der Waals surface area (Å²) in [6.07, 6.45) is 5.89. The van der Waals surface area contributed by atoms with E-state index in [1.807, 2.05) is 31.2 Å². The molecule has 4 rings (SSSR count). The molecule has 1 atom stereocenters. The number of aliphatic hydroxyl groups excluding tert-OH is 1. The molecular weight excluding hydrogens is 422 g/mol. The van der Waals surface area contributed by atoms with Gasteiger partial charge in [0, 0.05) is 31.1 Å².